The van der Waals surface area contributed by atoms with Crippen LogP contribution in [0.1, 0.15) is 5.56 Å². The molecule has 1 fully saturated rings. The van der Waals surface area contributed by atoms with E-state index in [0.29, 0.717) is 5.56 Å². The van der Waals surface area contributed by atoms with Gasteiger partial charge in [0.05, 0.1) is 12.4 Å². The van der Waals surface area contributed by atoms with Crippen LogP contribution in [0, 0.1) is 0 Å². The summed E-state index contributed by atoms with van der Waals surface area (Å²) in [5.74, 6) is -0.378. The van der Waals surface area contributed by atoms with Gasteiger partial charge in [0.25, 0.3) is 0 Å². The summed E-state index contributed by atoms with van der Waals surface area (Å²) in [4.78, 5) is 0. The van der Waals surface area contributed by atoms with Crippen LogP contribution >= 0.6 is 0 Å². The second kappa shape index (κ2) is 6.39. The minimum atomic E-state index is -3.94. The Morgan fingerprint density at radius 3 is 2.19 bits per heavy atom. The SMILES string of the molecule is O=S(=O)(Cc1ccccc1)[C@@H]1O[C@@H](CO)[C@H](O)[C@@H](O)[C@H]1O. The van der Waals surface area contributed by atoms with E-state index in [9.17, 15) is 23.7 Å². The summed E-state index contributed by atoms with van der Waals surface area (Å²) in [6, 6.07) is 8.32. The summed E-state index contributed by atoms with van der Waals surface area (Å²) in [5.41, 5.74) is -1.19. The van der Waals surface area contributed by atoms with Crippen LogP contribution in [0.25, 0.3) is 0 Å². The average molecular weight is 318 g/mol. The molecule has 118 valence electrons. The Morgan fingerprint density at radius 2 is 1.62 bits per heavy atom. The fourth-order valence-electron chi connectivity index (χ4n) is 2.25. The summed E-state index contributed by atoms with van der Waals surface area (Å²) in [6.45, 7) is -0.664. The summed E-state index contributed by atoms with van der Waals surface area (Å²) < 4.78 is 29.7. The Hall–Kier alpha value is -1.03. The van der Waals surface area contributed by atoms with Gasteiger partial charge in [0, 0.05) is 0 Å². The van der Waals surface area contributed by atoms with Crippen LogP contribution in [0.2, 0.25) is 0 Å². The monoisotopic (exact) mass is 318 g/mol. The molecule has 1 aromatic carbocycles. The van der Waals surface area contributed by atoms with Gasteiger partial charge < -0.3 is 25.2 Å². The van der Waals surface area contributed by atoms with Crippen molar-refractivity contribution in [2.75, 3.05) is 6.61 Å². The van der Waals surface area contributed by atoms with Gasteiger partial charge in [-0.25, -0.2) is 8.42 Å². The van der Waals surface area contributed by atoms with E-state index in [1.807, 2.05) is 0 Å². The van der Waals surface area contributed by atoms with Gasteiger partial charge in [-0.1, -0.05) is 30.3 Å². The number of hydrogen-bond donors (Lipinski definition) is 4. The van der Waals surface area contributed by atoms with Crippen molar-refractivity contribution in [2.24, 2.45) is 0 Å². The van der Waals surface area contributed by atoms with Crippen molar-refractivity contribution in [1.29, 1.82) is 0 Å². The highest BCUT2D eigenvalue weighted by Crippen LogP contribution is 2.26. The van der Waals surface area contributed by atoms with E-state index in [-0.39, 0.29) is 5.75 Å². The number of benzene rings is 1. The molecule has 7 nitrogen and oxygen atoms in total. The number of sulfone groups is 1. The van der Waals surface area contributed by atoms with Crippen molar-refractivity contribution in [3.05, 3.63) is 35.9 Å². The normalized spacial score (nSPS) is 33.8. The highest BCUT2D eigenvalue weighted by molar-refractivity contribution is 7.91. The van der Waals surface area contributed by atoms with E-state index >= 15 is 0 Å². The zero-order valence-corrected chi connectivity index (χ0v) is 11.9. The lowest BCUT2D eigenvalue weighted by Gasteiger charge is -2.39. The van der Waals surface area contributed by atoms with E-state index in [4.69, 9.17) is 9.84 Å². The lowest BCUT2D eigenvalue weighted by Crippen LogP contribution is -2.60. The van der Waals surface area contributed by atoms with Crippen LogP contribution in [-0.4, -0.2) is 65.3 Å². The number of aliphatic hydroxyl groups excluding tert-OH is 4. The molecule has 0 unspecified atom stereocenters. The maximum Gasteiger partial charge on any atom is 0.187 e. The van der Waals surface area contributed by atoms with Crippen LogP contribution in [-0.2, 0) is 20.3 Å². The van der Waals surface area contributed by atoms with Crippen LogP contribution in [0.5, 0.6) is 0 Å². The molecule has 0 radical (unpaired) electrons. The molecule has 1 aliphatic rings. The Labute approximate surface area is 122 Å². The molecule has 1 aliphatic heterocycles. The number of hydrogen-bond acceptors (Lipinski definition) is 7. The van der Waals surface area contributed by atoms with Gasteiger partial charge >= 0.3 is 0 Å². The molecule has 21 heavy (non-hydrogen) atoms. The molecule has 0 saturated carbocycles. The van der Waals surface area contributed by atoms with Crippen molar-refractivity contribution in [2.45, 2.75) is 35.6 Å². The Bertz CT molecular complexity index is 557. The molecule has 0 bridgehead atoms. The fraction of sp³-hybridized carbons (Fsp3) is 0.538. The standard InChI is InChI=1S/C13H18O7S/c14-6-9-10(15)11(16)12(17)13(20-9)21(18,19)7-8-4-2-1-3-5-8/h1-5,9-17H,6-7H2/t9-,10-,11+,12+,13-/m0/s1. The molecule has 0 aliphatic carbocycles. The number of ether oxygens (including phenoxy) is 1. The van der Waals surface area contributed by atoms with E-state index < -0.39 is 46.3 Å². The number of rotatable bonds is 4. The Kier molecular flexibility index (Phi) is 4.97. The van der Waals surface area contributed by atoms with Gasteiger partial charge in [0.2, 0.25) is 0 Å². The van der Waals surface area contributed by atoms with Crippen LogP contribution in [0.3, 0.4) is 0 Å². The molecular formula is C13H18O7S. The molecule has 4 N–H and O–H groups in total. The second-order valence-electron chi connectivity index (χ2n) is 4.99. The first-order valence-corrected chi connectivity index (χ1v) is 8.14. The molecular weight excluding hydrogens is 300 g/mol. The Morgan fingerprint density at radius 1 is 1.00 bits per heavy atom. The minimum Gasteiger partial charge on any atom is -0.394 e. The smallest absolute Gasteiger partial charge is 0.187 e. The van der Waals surface area contributed by atoms with Crippen LogP contribution in [0.15, 0.2) is 30.3 Å². The van der Waals surface area contributed by atoms with Gasteiger partial charge in [-0.15, -0.1) is 0 Å². The molecule has 0 aromatic heterocycles. The first kappa shape index (κ1) is 16.3. The molecule has 0 spiro atoms. The minimum absolute atomic E-state index is 0.378. The van der Waals surface area contributed by atoms with Gasteiger partial charge in [-0.05, 0) is 5.56 Å². The summed E-state index contributed by atoms with van der Waals surface area (Å²) in [7, 11) is -3.94. The predicted molar refractivity (Wildman–Crippen MR) is 72.8 cm³/mol. The molecule has 5 atom stereocenters. The highest BCUT2D eigenvalue weighted by Gasteiger charge is 2.48. The van der Waals surface area contributed by atoms with Gasteiger partial charge in [-0.2, -0.15) is 0 Å². The highest BCUT2D eigenvalue weighted by atomic mass is 32.2. The van der Waals surface area contributed by atoms with Crippen molar-refractivity contribution >= 4 is 9.84 Å². The third-order valence-electron chi connectivity index (χ3n) is 3.41. The molecule has 2 rings (SSSR count). The fourth-order valence-corrected chi connectivity index (χ4v) is 3.97. The summed E-state index contributed by atoms with van der Waals surface area (Å²) in [6.07, 6.45) is -6.30. The first-order chi connectivity index (χ1) is 9.86. The molecule has 1 aromatic rings. The first-order valence-electron chi connectivity index (χ1n) is 6.43. The molecule has 1 heterocycles. The number of aliphatic hydroxyl groups is 4. The van der Waals surface area contributed by atoms with Crippen molar-refractivity contribution < 1.29 is 33.6 Å². The zero-order valence-electron chi connectivity index (χ0n) is 11.1. The summed E-state index contributed by atoms with van der Waals surface area (Å²) in [5, 5.41) is 38.2. The van der Waals surface area contributed by atoms with Crippen molar-refractivity contribution in [1.82, 2.24) is 0 Å². The topological polar surface area (TPSA) is 124 Å². The van der Waals surface area contributed by atoms with Gasteiger partial charge in [0.1, 0.15) is 24.4 Å². The third kappa shape index (κ3) is 3.42. The zero-order chi connectivity index (χ0) is 15.6. The Balaban J connectivity index is 2.22. The molecule has 1 saturated heterocycles. The maximum atomic E-state index is 12.3. The van der Waals surface area contributed by atoms with Crippen molar-refractivity contribution in [3.8, 4) is 0 Å². The largest absolute Gasteiger partial charge is 0.394 e. The quantitative estimate of drug-likeness (QED) is 0.527. The van der Waals surface area contributed by atoms with Crippen molar-refractivity contribution in [3.63, 3.8) is 0 Å². The van der Waals surface area contributed by atoms with Crippen LogP contribution < -0.4 is 0 Å². The third-order valence-corrected chi connectivity index (χ3v) is 5.25. The summed E-state index contributed by atoms with van der Waals surface area (Å²) >= 11 is 0. The lowest BCUT2D eigenvalue weighted by atomic mass is 10.0. The van der Waals surface area contributed by atoms with E-state index in [2.05, 4.69) is 0 Å². The lowest BCUT2D eigenvalue weighted by molar-refractivity contribution is -0.207. The van der Waals surface area contributed by atoms with Gasteiger partial charge in [-0.3, -0.25) is 0 Å². The van der Waals surface area contributed by atoms with Gasteiger partial charge in [0.15, 0.2) is 15.3 Å². The van der Waals surface area contributed by atoms with E-state index in [1.165, 1.54) is 0 Å². The molecule has 0 amide bonds. The molecule has 8 heteroatoms. The maximum absolute atomic E-state index is 12.3. The predicted octanol–water partition coefficient (Wildman–Crippen LogP) is -1.60. The van der Waals surface area contributed by atoms with E-state index in [1.54, 1.807) is 30.3 Å². The van der Waals surface area contributed by atoms with Crippen LogP contribution in [0.4, 0.5) is 0 Å². The second-order valence-corrected chi connectivity index (χ2v) is 7.07. The van der Waals surface area contributed by atoms with E-state index in [0.717, 1.165) is 0 Å². The average Bonchev–Trinajstić information content (AvgIpc) is 2.45.